The summed E-state index contributed by atoms with van der Waals surface area (Å²) in [5.41, 5.74) is 2.98. The predicted octanol–water partition coefficient (Wildman–Crippen LogP) is 3.27. The number of benzene rings is 3. The van der Waals surface area contributed by atoms with Gasteiger partial charge in [-0.25, -0.2) is 13.8 Å². The Labute approximate surface area is 219 Å². The van der Waals surface area contributed by atoms with E-state index < -0.39 is 27.4 Å². The van der Waals surface area contributed by atoms with Crippen LogP contribution in [0.1, 0.15) is 11.1 Å². The highest BCUT2D eigenvalue weighted by Gasteiger charge is 2.29. The summed E-state index contributed by atoms with van der Waals surface area (Å²) in [7, 11) is 0.0534. The average molecular weight is 543 g/mol. The first-order chi connectivity index (χ1) is 18.1. The minimum atomic E-state index is -4.39. The van der Waals surface area contributed by atoms with Gasteiger partial charge in [0.15, 0.2) is 11.5 Å². The molecule has 0 radical (unpaired) electrons. The second-order valence-electron chi connectivity index (χ2n) is 7.82. The predicted molar refractivity (Wildman–Crippen MR) is 141 cm³/mol. The number of sulfonamides is 1. The van der Waals surface area contributed by atoms with Crippen molar-refractivity contribution in [2.24, 2.45) is 5.10 Å². The normalized spacial score (nSPS) is 11.2. The fourth-order valence-electron chi connectivity index (χ4n) is 3.41. The Hall–Kier alpha value is -4.65. The fourth-order valence-corrected chi connectivity index (χ4v) is 4.86. The van der Waals surface area contributed by atoms with Crippen LogP contribution in [0.4, 0.5) is 11.4 Å². The zero-order valence-electron chi connectivity index (χ0n) is 21.1. The highest BCUT2D eigenvalue weighted by atomic mass is 32.2. The molecule has 0 bridgehead atoms. The van der Waals surface area contributed by atoms with Gasteiger partial charge in [-0.15, -0.1) is 0 Å². The lowest BCUT2D eigenvalue weighted by Crippen LogP contribution is -2.39. The van der Waals surface area contributed by atoms with Crippen molar-refractivity contribution in [2.75, 3.05) is 32.2 Å². The van der Waals surface area contributed by atoms with Gasteiger partial charge in [-0.05, 0) is 61.0 Å². The Balaban J connectivity index is 1.89. The van der Waals surface area contributed by atoms with Crippen LogP contribution in [0.5, 0.6) is 17.2 Å². The lowest BCUT2D eigenvalue weighted by atomic mass is 10.2. The van der Waals surface area contributed by atoms with Gasteiger partial charge in [0, 0.05) is 11.6 Å². The second kappa shape index (κ2) is 12.1. The van der Waals surface area contributed by atoms with Crippen LogP contribution in [0, 0.1) is 17.0 Å². The zero-order valence-corrected chi connectivity index (χ0v) is 21.9. The largest absolute Gasteiger partial charge is 0.497 e. The van der Waals surface area contributed by atoms with Crippen molar-refractivity contribution in [2.45, 2.75) is 11.8 Å². The highest BCUT2D eigenvalue weighted by Crippen LogP contribution is 2.29. The third-order valence-electron chi connectivity index (χ3n) is 5.42. The number of nitro benzene ring substituents is 1. The van der Waals surface area contributed by atoms with Gasteiger partial charge in [-0.2, -0.15) is 5.10 Å². The monoisotopic (exact) mass is 542 g/mol. The van der Waals surface area contributed by atoms with E-state index in [9.17, 15) is 23.3 Å². The molecule has 38 heavy (non-hydrogen) atoms. The average Bonchev–Trinajstić information content (AvgIpc) is 2.91. The SMILES string of the molecule is COc1ccc(N(CC(=O)N/N=C\c2ccc(OC)c(OC)c2)S(=O)(=O)c2ccc(C)c([N+](=O)[O-])c2)cc1. The number of carbonyl (C=O) groups is 1. The van der Waals surface area contributed by atoms with Crippen LogP contribution in [0.2, 0.25) is 0 Å². The van der Waals surface area contributed by atoms with Crippen LogP contribution in [0.15, 0.2) is 70.7 Å². The summed E-state index contributed by atoms with van der Waals surface area (Å²) in [5.74, 6) is 0.709. The number of hydrogen-bond acceptors (Lipinski definition) is 9. The molecule has 200 valence electrons. The summed E-state index contributed by atoms with van der Waals surface area (Å²) in [4.78, 5) is 23.1. The quantitative estimate of drug-likeness (QED) is 0.220. The van der Waals surface area contributed by atoms with E-state index in [1.165, 1.54) is 70.9 Å². The molecule has 0 saturated heterocycles. The molecule has 3 aromatic rings. The molecule has 3 rings (SSSR count). The third-order valence-corrected chi connectivity index (χ3v) is 7.19. The molecule has 0 aromatic heterocycles. The molecule has 0 fully saturated rings. The molecule has 1 N–H and O–H groups in total. The molecule has 0 heterocycles. The number of ether oxygens (including phenoxy) is 3. The summed E-state index contributed by atoms with van der Waals surface area (Å²) < 4.78 is 43.5. The first-order valence-electron chi connectivity index (χ1n) is 11.1. The van der Waals surface area contributed by atoms with Gasteiger partial charge in [0.2, 0.25) is 0 Å². The first-order valence-corrected chi connectivity index (χ1v) is 12.5. The molecule has 0 aliphatic carbocycles. The van der Waals surface area contributed by atoms with Crippen molar-refractivity contribution in [3.63, 3.8) is 0 Å². The number of rotatable bonds is 11. The topological polar surface area (TPSA) is 150 Å². The number of amides is 1. The lowest BCUT2D eigenvalue weighted by molar-refractivity contribution is -0.385. The maximum absolute atomic E-state index is 13.6. The van der Waals surface area contributed by atoms with Crippen molar-refractivity contribution in [3.05, 3.63) is 81.9 Å². The summed E-state index contributed by atoms with van der Waals surface area (Å²) >= 11 is 0. The number of methoxy groups -OCH3 is 3. The van der Waals surface area contributed by atoms with Crippen LogP contribution < -0.4 is 23.9 Å². The summed E-state index contributed by atoms with van der Waals surface area (Å²) in [6.45, 7) is 0.846. The van der Waals surface area contributed by atoms with Crippen molar-refractivity contribution in [1.29, 1.82) is 0 Å². The molecule has 0 aliphatic rings. The van der Waals surface area contributed by atoms with Gasteiger partial charge in [0.1, 0.15) is 12.3 Å². The molecule has 0 unspecified atom stereocenters. The van der Waals surface area contributed by atoms with E-state index in [4.69, 9.17) is 14.2 Å². The molecule has 12 nitrogen and oxygen atoms in total. The Kier molecular flexibility index (Phi) is 8.86. The van der Waals surface area contributed by atoms with Crippen molar-refractivity contribution >= 4 is 33.5 Å². The van der Waals surface area contributed by atoms with Gasteiger partial charge in [-0.1, -0.05) is 6.07 Å². The van der Waals surface area contributed by atoms with Crippen LogP contribution in [-0.4, -0.2) is 53.3 Å². The highest BCUT2D eigenvalue weighted by molar-refractivity contribution is 7.92. The van der Waals surface area contributed by atoms with Gasteiger partial charge >= 0.3 is 0 Å². The Morgan fingerprint density at radius 3 is 2.29 bits per heavy atom. The number of hydrazone groups is 1. The van der Waals surface area contributed by atoms with Crippen LogP contribution in [0.25, 0.3) is 0 Å². The molecular formula is C25H26N4O8S. The van der Waals surface area contributed by atoms with E-state index in [1.807, 2.05) is 0 Å². The maximum Gasteiger partial charge on any atom is 0.273 e. The van der Waals surface area contributed by atoms with Crippen molar-refractivity contribution in [1.82, 2.24) is 5.43 Å². The summed E-state index contributed by atoms with van der Waals surface area (Å²) in [5, 5.41) is 15.3. The number of nitrogens with zero attached hydrogens (tertiary/aromatic N) is 3. The van der Waals surface area contributed by atoms with E-state index in [1.54, 1.807) is 18.2 Å². The van der Waals surface area contributed by atoms with Crippen LogP contribution >= 0.6 is 0 Å². The van der Waals surface area contributed by atoms with E-state index in [0.717, 1.165) is 10.4 Å². The summed E-state index contributed by atoms with van der Waals surface area (Å²) in [6, 6.07) is 14.5. The Morgan fingerprint density at radius 1 is 1.00 bits per heavy atom. The van der Waals surface area contributed by atoms with E-state index in [0.29, 0.717) is 28.4 Å². The van der Waals surface area contributed by atoms with Crippen molar-refractivity contribution in [3.8, 4) is 17.2 Å². The Bertz CT molecular complexity index is 1460. The molecule has 1 amide bonds. The Morgan fingerprint density at radius 2 is 1.68 bits per heavy atom. The zero-order chi connectivity index (χ0) is 27.9. The lowest BCUT2D eigenvalue weighted by Gasteiger charge is -2.24. The molecule has 13 heteroatoms. The maximum atomic E-state index is 13.6. The molecule has 0 aliphatic heterocycles. The molecule has 0 saturated carbocycles. The molecular weight excluding hydrogens is 516 g/mol. The molecule has 0 spiro atoms. The second-order valence-corrected chi connectivity index (χ2v) is 9.69. The number of aryl methyl sites for hydroxylation is 1. The van der Waals surface area contributed by atoms with Gasteiger partial charge in [0.05, 0.1) is 43.1 Å². The number of nitrogens with one attached hydrogen (secondary N) is 1. The third kappa shape index (κ3) is 6.37. The number of anilines is 1. The number of carbonyl (C=O) groups excluding carboxylic acids is 1. The van der Waals surface area contributed by atoms with E-state index >= 15 is 0 Å². The fraction of sp³-hybridized carbons (Fsp3) is 0.200. The molecule has 3 aromatic carbocycles. The minimum Gasteiger partial charge on any atom is -0.497 e. The molecule has 0 atom stereocenters. The standard InChI is InChI=1S/C25H26N4O8S/c1-17-5-11-21(14-22(17)29(31)32)38(33,34)28(19-7-9-20(35-2)10-8-19)16-25(30)27-26-15-18-6-12-23(36-3)24(13-18)37-4/h5-15H,16H2,1-4H3,(H,27,30)/b26-15-. The van der Waals surface area contributed by atoms with Crippen LogP contribution in [-0.2, 0) is 14.8 Å². The van der Waals surface area contributed by atoms with Gasteiger partial charge < -0.3 is 14.2 Å². The number of nitro groups is 1. The minimum absolute atomic E-state index is 0.146. The van der Waals surface area contributed by atoms with E-state index in [2.05, 4.69) is 10.5 Å². The summed E-state index contributed by atoms with van der Waals surface area (Å²) in [6.07, 6.45) is 1.36. The van der Waals surface area contributed by atoms with Gasteiger partial charge in [0.25, 0.3) is 21.6 Å². The van der Waals surface area contributed by atoms with E-state index in [-0.39, 0.29) is 16.3 Å². The first kappa shape index (κ1) is 27.9. The van der Waals surface area contributed by atoms with Gasteiger partial charge in [-0.3, -0.25) is 19.2 Å². The number of hydrogen-bond donors (Lipinski definition) is 1. The van der Waals surface area contributed by atoms with Crippen LogP contribution in [0.3, 0.4) is 0 Å². The van der Waals surface area contributed by atoms with Crippen molar-refractivity contribution < 1.29 is 32.3 Å². The smallest absolute Gasteiger partial charge is 0.273 e.